The summed E-state index contributed by atoms with van der Waals surface area (Å²) >= 11 is 0. The summed E-state index contributed by atoms with van der Waals surface area (Å²) < 4.78 is 0. The third-order valence-corrected chi connectivity index (χ3v) is 3.96. The summed E-state index contributed by atoms with van der Waals surface area (Å²) in [6.45, 7) is 2.15. The Balaban J connectivity index is 1.84. The van der Waals surface area contributed by atoms with Gasteiger partial charge in [-0.15, -0.1) is 0 Å². The second-order valence-corrected chi connectivity index (χ2v) is 5.97. The summed E-state index contributed by atoms with van der Waals surface area (Å²) in [6, 6.07) is 11.3. The smallest absolute Gasteiger partial charge is 0.334 e. The van der Waals surface area contributed by atoms with E-state index in [9.17, 15) is 10.1 Å². The SMILES string of the molecule is CCCCc1ccc(Nc2ncnc(Nc3cccnc3)c2[N+](=O)[O-])cc1. The minimum Gasteiger partial charge on any atom is -0.334 e. The van der Waals surface area contributed by atoms with Gasteiger partial charge in [-0.3, -0.25) is 15.1 Å². The van der Waals surface area contributed by atoms with E-state index in [2.05, 4.69) is 32.5 Å². The number of rotatable bonds is 8. The molecule has 0 saturated carbocycles. The molecule has 0 aliphatic carbocycles. The molecule has 138 valence electrons. The van der Waals surface area contributed by atoms with Crippen molar-refractivity contribution in [1.82, 2.24) is 15.0 Å². The molecule has 8 heteroatoms. The van der Waals surface area contributed by atoms with Gasteiger partial charge in [-0.2, -0.15) is 0 Å². The zero-order valence-corrected chi connectivity index (χ0v) is 14.9. The van der Waals surface area contributed by atoms with E-state index >= 15 is 0 Å². The molecule has 2 N–H and O–H groups in total. The number of nitrogens with zero attached hydrogens (tertiary/aromatic N) is 4. The van der Waals surface area contributed by atoms with Gasteiger partial charge in [0.1, 0.15) is 6.33 Å². The van der Waals surface area contributed by atoms with Crippen molar-refractivity contribution in [2.24, 2.45) is 0 Å². The quantitative estimate of drug-likeness (QED) is 0.444. The highest BCUT2D eigenvalue weighted by Gasteiger charge is 2.23. The zero-order valence-electron chi connectivity index (χ0n) is 14.9. The molecule has 0 radical (unpaired) electrons. The van der Waals surface area contributed by atoms with Crippen LogP contribution in [0.5, 0.6) is 0 Å². The molecule has 27 heavy (non-hydrogen) atoms. The fraction of sp³-hybridized carbons (Fsp3) is 0.211. The van der Waals surface area contributed by atoms with Crippen molar-refractivity contribution < 1.29 is 4.92 Å². The first-order valence-electron chi connectivity index (χ1n) is 8.69. The van der Waals surface area contributed by atoms with Crippen molar-refractivity contribution in [2.75, 3.05) is 10.6 Å². The molecule has 3 aromatic rings. The first-order valence-corrected chi connectivity index (χ1v) is 8.69. The molecule has 3 rings (SSSR count). The number of pyridine rings is 1. The molecular weight excluding hydrogens is 344 g/mol. The number of aryl methyl sites for hydroxylation is 1. The summed E-state index contributed by atoms with van der Waals surface area (Å²) in [5, 5.41) is 17.6. The molecule has 8 nitrogen and oxygen atoms in total. The first kappa shape index (κ1) is 18.2. The fourth-order valence-corrected chi connectivity index (χ4v) is 2.58. The van der Waals surface area contributed by atoms with Crippen molar-refractivity contribution in [3.63, 3.8) is 0 Å². The standard InChI is InChI=1S/C19H20N6O2/c1-2-3-5-14-7-9-15(10-8-14)23-18-17(25(26)27)19(22-13-21-18)24-16-6-4-11-20-12-16/h4,6-13H,2-3,5H2,1H3,(H2,21,22,23,24). The van der Waals surface area contributed by atoms with Crippen LogP contribution in [-0.2, 0) is 6.42 Å². The Bertz CT molecular complexity index is 900. The van der Waals surface area contributed by atoms with Gasteiger partial charge >= 0.3 is 5.69 Å². The lowest BCUT2D eigenvalue weighted by Crippen LogP contribution is -2.05. The molecule has 2 aromatic heterocycles. The Hall–Kier alpha value is -3.55. The predicted molar refractivity (Wildman–Crippen MR) is 105 cm³/mol. The van der Waals surface area contributed by atoms with Gasteiger partial charge in [-0.1, -0.05) is 25.5 Å². The van der Waals surface area contributed by atoms with Crippen LogP contribution in [0.25, 0.3) is 0 Å². The number of aromatic nitrogens is 3. The van der Waals surface area contributed by atoms with Crippen molar-refractivity contribution in [2.45, 2.75) is 26.2 Å². The van der Waals surface area contributed by atoms with Crippen LogP contribution in [0.4, 0.5) is 28.7 Å². The Kier molecular flexibility index (Phi) is 5.88. The van der Waals surface area contributed by atoms with E-state index < -0.39 is 4.92 Å². The molecule has 2 heterocycles. The van der Waals surface area contributed by atoms with E-state index in [1.807, 2.05) is 24.3 Å². The van der Waals surface area contributed by atoms with Gasteiger partial charge in [0.15, 0.2) is 0 Å². The molecule has 0 bridgehead atoms. The minimum absolute atomic E-state index is 0.102. The second-order valence-electron chi connectivity index (χ2n) is 5.97. The maximum Gasteiger partial charge on any atom is 0.353 e. The van der Waals surface area contributed by atoms with E-state index in [1.165, 1.54) is 11.9 Å². The first-order chi connectivity index (χ1) is 13.2. The molecular formula is C19H20N6O2. The van der Waals surface area contributed by atoms with Gasteiger partial charge in [0.2, 0.25) is 11.6 Å². The molecule has 0 amide bonds. The average molecular weight is 364 g/mol. The van der Waals surface area contributed by atoms with Crippen molar-refractivity contribution >= 4 is 28.7 Å². The minimum atomic E-state index is -0.503. The van der Waals surface area contributed by atoms with E-state index in [4.69, 9.17) is 0 Å². The van der Waals surface area contributed by atoms with Crippen LogP contribution in [0.2, 0.25) is 0 Å². The third kappa shape index (κ3) is 4.75. The highest BCUT2D eigenvalue weighted by molar-refractivity contribution is 5.76. The van der Waals surface area contributed by atoms with Crippen LogP contribution >= 0.6 is 0 Å². The summed E-state index contributed by atoms with van der Waals surface area (Å²) in [5.41, 5.74) is 2.34. The Labute approximate surface area is 156 Å². The Morgan fingerprint density at radius 1 is 1.04 bits per heavy atom. The predicted octanol–water partition coefficient (Wildman–Crippen LogP) is 4.61. The van der Waals surface area contributed by atoms with Gasteiger partial charge in [0, 0.05) is 11.9 Å². The van der Waals surface area contributed by atoms with Gasteiger partial charge < -0.3 is 10.6 Å². The molecule has 0 saturated heterocycles. The highest BCUT2D eigenvalue weighted by Crippen LogP contribution is 2.32. The molecule has 0 spiro atoms. The van der Waals surface area contributed by atoms with Crippen molar-refractivity contribution in [3.8, 4) is 0 Å². The van der Waals surface area contributed by atoms with Gasteiger partial charge in [-0.05, 0) is 42.7 Å². The zero-order chi connectivity index (χ0) is 19.1. The summed E-state index contributed by atoms with van der Waals surface area (Å²) in [6.07, 6.45) is 7.76. The van der Waals surface area contributed by atoms with Crippen LogP contribution in [0, 0.1) is 10.1 Å². The molecule has 0 aliphatic rings. The highest BCUT2D eigenvalue weighted by atomic mass is 16.6. The third-order valence-electron chi connectivity index (χ3n) is 3.96. The molecule has 1 aromatic carbocycles. The van der Waals surface area contributed by atoms with Gasteiger partial charge in [0.25, 0.3) is 0 Å². The second kappa shape index (κ2) is 8.70. The number of hydrogen-bond acceptors (Lipinski definition) is 7. The van der Waals surface area contributed by atoms with E-state index in [-0.39, 0.29) is 17.3 Å². The summed E-state index contributed by atoms with van der Waals surface area (Å²) in [7, 11) is 0. The Morgan fingerprint density at radius 2 is 1.74 bits per heavy atom. The van der Waals surface area contributed by atoms with Gasteiger partial charge in [-0.25, -0.2) is 9.97 Å². The largest absolute Gasteiger partial charge is 0.353 e. The van der Waals surface area contributed by atoms with E-state index in [0.29, 0.717) is 5.69 Å². The molecule has 0 unspecified atom stereocenters. The lowest BCUT2D eigenvalue weighted by atomic mass is 10.1. The number of unbranched alkanes of at least 4 members (excludes halogenated alkanes) is 1. The molecule has 0 fully saturated rings. The van der Waals surface area contributed by atoms with Crippen molar-refractivity contribution in [1.29, 1.82) is 0 Å². The number of anilines is 4. The number of benzene rings is 1. The number of nitrogens with one attached hydrogen (secondary N) is 2. The van der Waals surface area contributed by atoms with Crippen LogP contribution in [-0.4, -0.2) is 19.9 Å². The van der Waals surface area contributed by atoms with Crippen molar-refractivity contribution in [3.05, 3.63) is 70.8 Å². The number of hydrogen-bond donors (Lipinski definition) is 2. The van der Waals surface area contributed by atoms with Crippen LogP contribution in [0.15, 0.2) is 55.1 Å². The lowest BCUT2D eigenvalue weighted by molar-refractivity contribution is -0.383. The number of nitro groups is 1. The molecule has 0 atom stereocenters. The topological polar surface area (TPSA) is 106 Å². The fourth-order valence-electron chi connectivity index (χ4n) is 2.58. The maximum absolute atomic E-state index is 11.6. The summed E-state index contributed by atoms with van der Waals surface area (Å²) in [4.78, 5) is 23.2. The van der Waals surface area contributed by atoms with Gasteiger partial charge in [0.05, 0.1) is 16.8 Å². The van der Waals surface area contributed by atoms with E-state index in [0.717, 1.165) is 24.9 Å². The van der Waals surface area contributed by atoms with E-state index in [1.54, 1.807) is 24.5 Å². The summed E-state index contributed by atoms with van der Waals surface area (Å²) in [5.74, 6) is 0.229. The van der Waals surface area contributed by atoms with Crippen LogP contribution in [0.1, 0.15) is 25.3 Å². The Morgan fingerprint density at radius 3 is 2.33 bits per heavy atom. The maximum atomic E-state index is 11.6. The molecule has 0 aliphatic heterocycles. The average Bonchev–Trinajstić information content (AvgIpc) is 2.68. The normalized spacial score (nSPS) is 10.4. The van der Waals surface area contributed by atoms with Crippen LogP contribution in [0.3, 0.4) is 0 Å². The van der Waals surface area contributed by atoms with Crippen LogP contribution < -0.4 is 10.6 Å². The lowest BCUT2D eigenvalue weighted by Gasteiger charge is -2.10. The monoisotopic (exact) mass is 364 g/mol.